The average Bonchev–Trinajstić information content (AvgIpc) is 2.61. The second-order valence-corrected chi connectivity index (χ2v) is 6.50. The van der Waals surface area contributed by atoms with E-state index in [9.17, 15) is 18.4 Å². The molecule has 1 aliphatic rings. The fourth-order valence-corrected chi connectivity index (χ4v) is 3.34. The fraction of sp³-hybridized carbons (Fsp3) is 0.300. The predicted molar refractivity (Wildman–Crippen MR) is 93.3 cm³/mol. The molecule has 1 aliphatic carbocycles. The molecule has 2 aromatic rings. The third-order valence-corrected chi connectivity index (χ3v) is 5.03. The summed E-state index contributed by atoms with van der Waals surface area (Å²) >= 11 is 0. The number of carbonyl (C=O) groups is 2. The lowest BCUT2D eigenvalue weighted by atomic mass is 9.63. The first-order chi connectivity index (χ1) is 12.5. The van der Waals surface area contributed by atoms with E-state index in [-0.39, 0.29) is 11.5 Å². The zero-order valence-corrected chi connectivity index (χ0v) is 14.4. The molecule has 1 fully saturated rings. The van der Waals surface area contributed by atoms with Gasteiger partial charge in [-0.1, -0.05) is 42.8 Å². The van der Waals surface area contributed by atoms with E-state index < -0.39 is 29.0 Å². The van der Waals surface area contributed by atoms with Crippen LogP contribution in [0.15, 0.2) is 48.5 Å². The first-order valence-corrected chi connectivity index (χ1v) is 8.51. The predicted octanol–water partition coefficient (Wildman–Crippen LogP) is 2.99. The van der Waals surface area contributed by atoms with E-state index in [1.807, 2.05) is 30.3 Å². The van der Waals surface area contributed by atoms with Gasteiger partial charge >= 0.3 is 0 Å². The topological polar surface area (TPSA) is 58.2 Å². The molecule has 2 aromatic carbocycles. The maximum Gasteiger partial charge on any atom is 0.246 e. The summed E-state index contributed by atoms with van der Waals surface area (Å²) < 4.78 is 26.8. The Labute approximate surface area is 150 Å². The summed E-state index contributed by atoms with van der Waals surface area (Å²) in [7, 11) is 1.43. The van der Waals surface area contributed by atoms with E-state index in [4.69, 9.17) is 0 Å². The summed E-state index contributed by atoms with van der Waals surface area (Å²) in [6, 6.07) is 11.5. The molecule has 0 aliphatic heterocycles. The van der Waals surface area contributed by atoms with Crippen LogP contribution in [0.25, 0.3) is 0 Å². The maximum absolute atomic E-state index is 13.6. The highest BCUT2D eigenvalue weighted by molar-refractivity contribution is 5.94. The monoisotopic (exact) mass is 358 g/mol. The van der Waals surface area contributed by atoms with Crippen LogP contribution in [-0.4, -0.2) is 18.9 Å². The number of nitrogens with one attached hydrogen (secondary N) is 2. The summed E-state index contributed by atoms with van der Waals surface area (Å²) in [6.45, 7) is 0. The maximum atomic E-state index is 13.6. The van der Waals surface area contributed by atoms with E-state index in [0.717, 1.165) is 24.1 Å². The number of hydrogen-bond acceptors (Lipinski definition) is 2. The molecule has 0 spiro atoms. The fourth-order valence-electron chi connectivity index (χ4n) is 3.34. The summed E-state index contributed by atoms with van der Waals surface area (Å²) in [5, 5.41) is 5.19. The van der Waals surface area contributed by atoms with Gasteiger partial charge in [-0.05, 0) is 36.1 Å². The number of halogens is 2. The molecule has 0 heterocycles. The Kier molecular flexibility index (Phi) is 5.02. The molecule has 6 heteroatoms. The third-order valence-electron chi connectivity index (χ3n) is 5.03. The van der Waals surface area contributed by atoms with Gasteiger partial charge in [0.1, 0.15) is 6.04 Å². The number of hydrogen-bond donors (Lipinski definition) is 2. The average molecular weight is 358 g/mol. The first-order valence-electron chi connectivity index (χ1n) is 8.51. The minimum atomic E-state index is -1.09. The van der Waals surface area contributed by atoms with Crippen molar-refractivity contribution in [1.29, 1.82) is 0 Å². The van der Waals surface area contributed by atoms with E-state index in [0.29, 0.717) is 12.8 Å². The minimum Gasteiger partial charge on any atom is -0.357 e. The van der Waals surface area contributed by atoms with Gasteiger partial charge in [0.2, 0.25) is 11.8 Å². The molecule has 136 valence electrons. The number of benzene rings is 2. The number of likely N-dealkylation sites (N-methyl/N-ethyl adjacent to an activating group) is 1. The van der Waals surface area contributed by atoms with Crippen molar-refractivity contribution in [3.8, 4) is 0 Å². The van der Waals surface area contributed by atoms with Crippen molar-refractivity contribution in [3.05, 3.63) is 71.3 Å². The summed E-state index contributed by atoms with van der Waals surface area (Å²) in [5.74, 6) is -2.84. The Balaban J connectivity index is 1.90. The van der Waals surface area contributed by atoms with Crippen molar-refractivity contribution in [3.63, 3.8) is 0 Å². The van der Waals surface area contributed by atoms with Crippen LogP contribution in [0, 0.1) is 11.6 Å². The highest BCUT2D eigenvalue weighted by Gasteiger charge is 2.46. The Morgan fingerprint density at radius 1 is 1.04 bits per heavy atom. The Morgan fingerprint density at radius 2 is 1.73 bits per heavy atom. The highest BCUT2D eigenvalue weighted by Crippen LogP contribution is 2.44. The summed E-state index contributed by atoms with van der Waals surface area (Å²) in [4.78, 5) is 25.3. The molecule has 2 N–H and O–H groups in total. The van der Waals surface area contributed by atoms with Crippen molar-refractivity contribution in [1.82, 2.24) is 10.6 Å². The zero-order valence-electron chi connectivity index (χ0n) is 14.4. The standard InChI is InChI=1S/C20H20F2N2O2/c1-23-18(25)17(13-8-9-15(21)16(22)12-13)24-19(26)20(10-5-11-20)14-6-3-2-4-7-14/h2-4,6-9,12,17H,5,10-11H2,1H3,(H,23,25)(H,24,26). The molecular formula is C20H20F2N2O2. The van der Waals surface area contributed by atoms with Crippen LogP contribution in [0.4, 0.5) is 8.78 Å². The molecular weight excluding hydrogens is 338 g/mol. The molecule has 1 unspecified atom stereocenters. The number of carbonyl (C=O) groups excluding carboxylic acids is 2. The van der Waals surface area contributed by atoms with Crippen molar-refractivity contribution in [2.24, 2.45) is 0 Å². The molecule has 4 nitrogen and oxygen atoms in total. The molecule has 0 radical (unpaired) electrons. The van der Waals surface area contributed by atoms with E-state index in [1.54, 1.807) is 0 Å². The molecule has 26 heavy (non-hydrogen) atoms. The molecule has 1 atom stereocenters. The Morgan fingerprint density at radius 3 is 2.27 bits per heavy atom. The molecule has 2 amide bonds. The minimum absolute atomic E-state index is 0.194. The van der Waals surface area contributed by atoms with Crippen molar-refractivity contribution in [2.75, 3.05) is 7.05 Å². The van der Waals surface area contributed by atoms with Crippen LogP contribution in [0.2, 0.25) is 0 Å². The lowest BCUT2D eigenvalue weighted by Crippen LogP contribution is -2.52. The quantitative estimate of drug-likeness (QED) is 0.863. The normalized spacial score (nSPS) is 16.3. The van der Waals surface area contributed by atoms with E-state index >= 15 is 0 Å². The Hall–Kier alpha value is -2.76. The number of amides is 2. The van der Waals surface area contributed by atoms with Crippen molar-refractivity contribution < 1.29 is 18.4 Å². The van der Waals surface area contributed by atoms with Gasteiger partial charge in [0.05, 0.1) is 5.41 Å². The van der Waals surface area contributed by atoms with Crippen molar-refractivity contribution in [2.45, 2.75) is 30.7 Å². The molecule has 0 bridgehead atoms. The van der Waals surface area contributed by atoms with Gasteiger partial charge in [-0.15, -0.1) is 0 Å². The van der Waals surface area contributed by atoms with Crippen LogP contribution in [0.3, 0.4) is 0 Å². The molecule has 0 saturated heterocycles. The largest absolute Gasteiger partial charge is 0.357 e. The zero-order chi connectivity index (χ0) is 18.7. The summed E-state index contributed by atoms with van der Waals surface area (Å²) in [5.41, 5.74) is 0.398. The van der Waals surface area contributed by atoms with Crippen LogP contribution in [-0.2, 0) is 15.0 Å². The SMILES string of the molecule is CNC(=O)C(NC(=O)C1(c2ccccc2)CCC1)c1ccc(F)c(F)c1. The van der Waals surface area contributed by atoms with Gasteiger partial charge in [0, 0.05) is 7.05 Å². The van der Waals surface area contributed by atoms with Gasteiger partial charge < -0.3 is 10.6 Å². The lowest BCUT2D eigenvalue weighted by Gasteiger charge is -2.41. The van der Waals surface area contributed by atoms with Crippen LogP contribution < -0.4 is 10.6 Å². The molecule has 0 aromatic heterocycles. The van der Waals surface area contributed by atoms with Gasteiger partial charge in [-0.25, -0.2) is 8.78 Å². The smallest absolute Gasteiger partial charge is 0.246 e. The number of rotatable bonds is 5. The third kappa shape index (κ3) is 3.19. The summed E-state index contributed by atoms with van der Waals surface area (Å²) in [6.07, 6.45) is 2.28. The molecule has 3 rings (SSSR count). The van der Waals surface area contributed by atoms with E-state index in [1.165, 1.54) is 13.1 Å². The lowest BCUT2D eigenvalue weighted by molar-refractivity contribution is -0.134. The van der Waals surface area contributed by atoms with Gasteiger partial charge in [-0.2, -0.15) is 0 Å². The second-order valence-electron chi connectivity index (χ2n) is 6.50. The second kappa shape index (κ2) is 7.23. The van der Waals surface area contributed by atoms with Crippen LogP contribution in [0.5, 0.6) is 0 Å². The van der Waals surface area contributed by atoms with E-state index in [2.05, 4.69) is 10.6 Å². The van der Waals surface area contributed by atoms with Gasteiger partial charge in [0.15, 0.2) is 11.6 Å². The molecule has 1 saturated carbocycles. The van der Waals surface area contributed by atoms with Gasteiger partial charge in [0.25, 0.3) is 0 Å². The van der Waals surface area contributed by atoms with Gasteiger partial charge in [-0.3, -0.25) is 9.59 Å². The Bertz CT molecular complexity index is 820. The first kappa shape index (κ1) is 18.0. The highest BCUT2D eigenvalue weighted by atomic mass is 19.2. The van der Waals surface area contributed by atoms with Crippen LogP contribution in [0.1, 0.15) is 36.4 Å². The van der Waals surface area contributed by atoms with Crippen LogP contribution >= 0.6 is 0 Å². The van der Waals surface area contributed by atoms with Crippen molar-refractivity contribution >= 4 is 11.8 Å².